The normalized spacial score (nSPS) is 18.2. The molecule has 0 saturated carbocycles. The molecule has 3 aliphatic heterocycles. The van der Waals surface area contributed by atoms with Crippen molar-refractivity contribution in [1.82, 2.24) is 40.1 Å². The third-order valence-corrected chi connectivity index (χ3v) is 16.4. The van der Waals surface area contributed by atoms with Gasteiger partial charge in [-0.2, -0.15) is 5.10 Å². The van der Waals surface area contributed by atoms with Crippen molar-refractivity contribution in [2.45, 2.75) is 124 Å². The molecule has 0 bridgehead atoms. The number of morpholine rings is 1. The molecule has 0 spiro atoms. The molecule has 86 heavy (non-hydrogen) atoms. The minimum atomic E-state index is -0.899. The number of nitrogens with zero attached hydrogens (tertiary/aromatic N) is 6. The van der Waals surface area contributed by atoms with Gasteiger partial charge in [-0.25, -0.2) is 14.5 Å². The molecule has 3 amide bonds. The van der Waals surface area contributed by atoms with Crippen LogP contribution in [0.15, 0.2) is 107 Å². The molecule has 0 aliphatic carbocycles. The number of piperazine rings is 1. The molecule has 4 heterocycles. The van der Waals surface area contributed by atoms with Crippen LogP contribution in [0.3, 0.4) is 0 Å². The number of nitrogens with one attached hydrogen (secondary N) is 3. The van der Waals surface area contributed by atoms with E-state index < -0.39 is 35.2 Å². The second-order valence-electron chi connectivity index (χ2n) is 24.7. The lowest BCUT2D eigenvalue weighted by Gasteiger charge is -2.34. The summed E-state index contributed by atoms with van der Waals surface area (Å²) < 4.78 is 12.8. The maximum Gasteiger partial charge on any atom is 0.348 e. The predicted octanol–water partition coefficient (Wildman–Crippen LogP) is 6.99. The minimum absolute atomic E-state index is 0.0215. The van der Waals surface area contributed by atoms with Crippen molar-refractivity contribution in [1.29, 1.82) is 0 Å². The summed E-state index contributed by atoms with van der Waals surface area (Å²) in [7, 11) is 0. The number of Topliss-reactive ketones (excluding diaryl/α,β-unsaturated/α-hetero) is 2. The molecule has 5 aromatic rings. The predicted molar refractivity (Wildman–Crippen MR) is 328 cm³/mol. The van der Waals surface area contributed by atoms with Crippen molar-refractivity contribution >= 4 is 35.0 Å². The van der Waals surface area contributed by atoms with Crippen LogP contribution in [0, 0.1) is 23.7 Å². The Kier molecular flexibility index (Phi) is 22.6. The summed E-state index contributed by atoms with van der Waals surface area (Å²) in [5, 5.41) is 38.8. The number of amides is 3. The van der Waals surface area contributed by atoms with Crippen LogP contribution in [0.4, 0.5) is 0 Å². The molecule has 4 aromatic carbocycles. The van der Waals surface area contributed by atoms with E-state index in [1.165, 1.54) is 10.6 Å². The van der Waals surface area contributed by atoms with Gasteiger partial charge in [-0.3, -0.25) is 33.8 Å². The number of aromatic hydroxyl groups is 2. The van der Waals surface area contributed by atoms with Crippen LogP contribution in [0.2, 0.25) is 0 Å². The summed E-state index contributed by atoms with van der Waals surface area (Å²) in [5.41, 5.74) is 3.47. The van der Waals surface area contributed by atoms with E-state index in [1.54, 1.807) is 11.0 Å². The SMILES string of the molecule is CC(C)C[C@H](NC(=O)[C@H](CCc1ccccc1)CC(=O)CN1CCOCC1)C(=O)C[C@@H](Cc1ccccc1)C(=O)N[C@@H](CC(C)C)/C(=N/OCC(=O)N1CCN(Cc2ccc(-n3c(-c4cc(C(C)C)c(O)cc4O)n[nH]c3=O)cc2)CC1)[C@@]1(C)CO1. The van der Waals surface area contributed by atoms with Gasteiger partial charge in [0.1, 0.15) is 28.6 Å². The molecule has 8 rings (SSSR count). The van der Waals surface area contributed by atoms with Crippen molar-refractivity contribution < 1.29 is 48.5 Å². The number of hydrogen-bond donors (Lipinski definition) is 5. The van der Waals surface area contributed by atoms with Gasteiger partial charge in [0.25, 0.3) is 5.91 Å². The molecule has 5 N–H and O–H groups in total. The zero-order chi connectivity index (χ0) is 61.5. The van der Waals surface area contributed by atoms with Crippen LogP contribution < -0.4 is 16.3 Å². The molecule has 3 fully saturated rings. The standard InChI is InChI=1S/C66H87N9O11/c1-43(2)32-55(67-63(81)49(21-18-46-14-10-8-11-15-46)35-52(76)40-73-28-30-84-31-29-73)59(79)36-50(34-47-16-12-9-13-17-47)64(82)68-56(33-44(3)4)61(66(7)42-85-66)71-86-41-60(80)74-26-24-72(25-27-74)39-48-19-22-51(23-20-48)75-62(69-70-65(75)83)54-37-53(45(5)6)57(77)38-58(54)78/h8-17,19-20,22-23,37-38,43-45,49-50,55-56,77-78H,18,21,24-36,39-42H2,1-7H3,(H,67,81)(H,68,82)(H,70,83)/b71-61-/t49-,50-,55+,56+,66-/m1/s1. The zero-order valence-electron chi connectivity index (χ0n) is 51.0. The number of ether oxygens (including phenoxy) is 2. The number of phenols is 2. The summed E-state index contributed by atoms with van der Waals surface area (Å²) in [6.45, 7) is 19.1. The summed E-state index contributed by atoms with van der Waals surface area (Å²) >= 11 is 0. The maximum atomic E-state index is 14.9. The van der Waals surface area contributed by atoms with Crippen molar-refractivity contribution in [3.05, 3.63) is 130 Å². The van der Waals surface area contributed by atoms with Gasteiger partial charge < -0.3 is 40.1 Å². The van der Waals surface area contributed by atoms with E-state index in [2.05, 4.69) is 30.9 Å². The Hall–Kier alpha value is -7.52. The average molecular weight is 1180 g/mol. The number of aromatic nitrogens is 3. The van der Waals surface area contributed by atoms with Crippen molar-refractivity contribution in [3.63, 3.8) is 0 Å². The Bertz CT molecular complexity index is 3160. The molecule has 0 unspecified atom stereocenters. The molecule has 3 saturated heterocycles. The molecular formula is C66H87N9O11. The fourth-order valence-electron chi connectivity index (χ4n) is 11.4. The first-order chi connectivity index (χ1) is 41.2. The minimum Gasteiger partial charge on any atom is -0.508 e. The lowest BCUT2D eigenvalue weighted by molar-refractivity contribution is -0.138. The molecule has 5 atom stereocenters. The highest BCUT2D eigenvalue weighted by molar-refractivity contribution is 6.01. The van der Waals surface area contributed by atoms with E-state index in [0.717, 1.165) is 16.7 Å². The summed E-state index contributed by atoms with van der Waals surface area (Å²) in [6.07, 6.45) is 1.94. The van der Waals surface area contributed by atoms with Crippen LogP contribution in [-0.4, -0.2) is 165 Å². The van der Waals surface area contributed by atoms with Crippen LogP contribution in [-0.2, 0) is 57.7 Å². The lowest BCUT2D eigenvalue weighted by Crippen LogP contribution is -2.50. The number of epoxide rings is 1. The van der Waals surface area contributed by atoms with E-state index in [1.807, 2.05) is 138 Å². The molecule has 3 aliphatic rings. The summed E-state index contributed by atoms with van der Waals surface area (Å²) in [6, 6.07) is 28.2. The van der Waals surface area contributed by atoms with Crippen LogP contribution in [0.1, 0.15) is 109 Å². The highest BCUT2D eigenvalue weighted by Gasteiger charge is 2.49. The third-order valence-electron chi connectivity index (χ3n) is 16.4. The van der Waals surface area contributed by atoms with Gasteiger partial charge in [0, 0.05) is 76.6 Å². The Morgan fingerprint density at radius 2 is 1.35 bits per heavy atom. The number of oxime groups is 1. The van der Waals surface area contributed by atoms with Gasteiger partial charge in [0.2, 0.25) is 11.8 Å². The monoisotopic (exact) mass is 1180 g/mol. The van der Waals surface area contributed by atoms with E-state index in [0.29, 0.717) is 114 Å². The number of ketones is 2. The van der Waals surface area contributed by atoms with Gasteiger partial charge in [-0.1, -0.05) is 119 Å². The van der Waals surface area contributed by atoms with E-state index >= 15 is 0 Å². The third kappa shape index (κ3) is 18.0. The van der Waals surface area contributed by atoms with E-state index in [-0.39, 0.29) is 96.8 Å². The molecule has 20 heteroatoms. The van der Waals surface area contributed by atoms with Gasteiger partial charge in [-0.05, 0) is 97.2 Å². The quantitative estimate of drug-likeness (QED) is 0.0177. The molecular weight excluding hydrogens is 1090 g/mol. The number of aryl methyl sites for hydroxylation is 1. The van der Waals surface area contributed by atoms with E-state index in [9.17, 15) is 39.0 Å². The van der Waals surface area contributed by atoms with E-state index in [4.69, 9.17) is 14.3 Å². The number of rotatable bonds is 30. The Labute approximate surface area is 504 Å². The highest BCUT2D eigenvalue weighted by atomic mass is 16.6. The van der Waals surface area contributed by atoms with Gasteiger partial charge in [0.05, 0.1) is 49.7 Å². The number of carbonyl (C=O) groups excluding carboxylic acids is 5. The fourth-order valence-corrected chi connectivity index (χ4v) is 11.4. The zero-order valence-corrected chi connectivity index (χ0v) is 51.0. The molecule has 1 aromatic heterocycles. The molecule has 20 nitrogen and oxygen atoms in total. The summed E-state index contributed by atoms with van der Waals surface area (Å²) in [4.78, 5) is 96.3. The number of benzene rings is 4. The first-order valence-electron chi connectivity index (χ1n) is 30.4. The van der Waals surface area contributed by atoms with Crippen LogP contribution >= 0.6 is 0 Å². The highest BCUT2D eigenvalue weighted by Crippen LogP contribution is 2.38. The smallest absolute Gasteiger partial charge is 0.348 e. The van der Waals surface area contributed by atoms with Crippen LogP contribution in [0.25, 0.3) is 17.1 Å². The first kappa shape index (κ1) is 64.5. The van der Waals surface area contributed by atoms with Crippen molar-refractivity contribution in [2.24, 2.45) is 28.8 Å². The number of carbonyl (C=O) groups is 5. The van der Waals surface area contributed by atoms with Gasteiger partial charge >= 0.3 is 5.69 Å². The van der Waals surface area contributed by atoms with Gasteiger partial charge in [0.15, 0.2) is 18.2 Å². The number of phenolic OH excluding ortho intramolecular Hbond substituents is 2. The fraction of sp³-hybridized carbons (Fsp3) is 0.515. The first-order valence-corrected chi connectivity index (χ1v) is 30.4. The summed E-state index contributed by atoms with van der Waals surface area (Å²) in [5.74, 6) is -2.75. The Morgan fingerprint density at radius 1 is 0.733 bits per heavy atom. The van der Waals surface area contributed by atoms with Crippen molar-refractivity contribution in [3.8, 4) is 28.6 Å². The number of aromatic amines is 1. The lowest BCUT2D eigenvalue weighted by atomic mass is 9.87. The topological polar surface area (TPSA) is 254 Å². The largest absolute Gasteiger partial charge is 0.508 e. The average Bonchev–Trinajstić information content (AvgIpc) is 2.24. The Balaban J connectivity index is 0.899. The maximum absolute atomic E-state index is 14.9. The Morgan fingerprint density at radius 3 is 1.98 bits per heavy atom. The number of hydrogen-bond acceptors (Lipinski definition) is 15. The van der Waals surface area contributed by atoms with Crippen LogP contribution in [0.5, 0.6) is 11.5 Å². The molecule has 0 radical (unpaired) electrons. The second kappa shape index (κ2) is 30.2. The number of H-pyrrole nitrogens is 1. The molecule has 462 valence electrons. The van der Waals surface area contributed by atoms with Gasteiger partial charge in [-0.15, -0.1) is 0 Å². The van der Waals surface area contributed by atoms with Crippen molar-refractivity contribution in [2.75, 3.05) is 72.2 Å². The second-order valence-corrected chi connectivity index (χ2v) is 24.7.